The average Bonchev–Trinajstić information content (AvgIpc) is 2.39. The molecule has 0 fully saturated rings. The molecule has 1 amide bonds. The fourth-order valence-corrected chi connectivity index (χ4v) is 2.58. The van der Waals surface area contributed by atoms with Gasteiger partial charge in [0.25, 0.3) is 5.91 Å². The predicted molar refractivity (Wildman–Crippen MR) is 84.2 cm³/mol. The number of halogens is 4. The van der Waals surface area contributed by atoms with Crippen molar-refractivity contribution in [3.05, 3.63) is 49.9 Å². The van der Waals surface area contributed by atoms with Crippen LogP contribution in [0.25, 0.3) is 0 Å². The lowest BCUT2D eigenvalue weighted by Gasteiger charge is -2.11. The fraction of sp³-hybridized carbons (Fsp3) is 0. The maximum Gasteiger partial charge on any atom is 0.259 e. The van der Waals surface area contributed by atoms with Crippen LogP contribution in [0.4, 0.5) is 5.69 Å². The smallest absolute Gasteiger partial charge is 0.259 e. The number of anilines is 1. The number of aromatic hydroxyl groups is 2. The monoisotopic (exact) mass is 365 g/mol. The van der Waals surface area contributed by atoms with Crippen molar-refractivity contribution in [1.29, 1.82) is 0 Å². The van der Waals surface area contributed by atoms with Gasteiger partial charge in [-0.2, -0.15) is 0 Å². The Hall–Kier alpha value is -1.33. The zero-order chi connectivity index (χ0) is 15.7. The van der Waals surface area contributed by atoms with Crippen LogP contribution in [0.2, 0.25) is 20.1 Å². The van der Waals surface area contributed by atoms with E-state index in [2.05, 4.69) is 5.32 Å². The fourth-order valence-electron chi connectivity index (χ4n) is 1.59. The van der Waals surface area contributed by atoms with Crippen LogP contribution >= 0.6 is 46.4 Å². The molecule has 3 N–H and O–H groups in total. The SMILES string of the molecule is O=C(Nc1cc(Cl)cc(Cl)c1O)c1cc(Cl)cc(Cl)c1O. The zero-order valence-electron chi connectivity index (χ0n) is 10.1. The second-order valence-electron chi connectivity index (χ2n) is 4.02. The summed E-state index contributed by atoms with van der Waals surface area (Å²) in [6.07, 6.45) is 0. The molecule has 2 rings (SSSR count). The van der Waals surface area contributed by atoms with Gasteiger partial charge in [0.15, 0.2) is 5.75 Å². The lowest BCUT2D eigenvalue weighted by Crippen LogP contribution is -2.12. The van der Waals surface area contributed by atoms with Crippen molar-refractivity contribution in [3.63, 3.8) is 0 Å². The number of benzene rings is 2. The Morgan fingerprint density at radius 2 is 1.38 bits per heavy atom. The minimum Gasteiger partial charge on any atom is -0.506 e. The quantitative estimate of drug-likeness (QED) is 0.657. The number of rotatable bonds is 2. The van der Waals surface area contributed by atoms with Gasteiger partial charge in [-0.3, -0.25) is 4.79 Å². The molecule has 0 saturated heterocycles. The summed E-state index contributed by atoms with van der Waals surface area (Å²) in [5, 5.41) is 22.2. The molecule has 0 spiro atoms. The molecule has 0 heterocycles. The van der Waals surface area contributed by atoms with Gasteiger partial charge in [0.1, 0.15) is 5.75 Å². The van der Waals surface area contributed by atoms with Crippen molar-refractivity contribution in [2.24, 2.45) is 0 Å². The van der Waals surface area contributed by atoms with Crippen LogP contribution in [0.3, 0.4) is 0 Å². The van der Waals surface area contributed by atoms with E-state index in [1.54, 1.807) is 0 Å². The van der Waals surface area contributed by atoms with E-state index in [1.807, 2.05) is 0 Å². The highest BCUT2D eigenvalue weighted by Crippen LogP contribution is 2.36. The summed E-state index contributed by atoms with van der Waals surface area (Å²) < 4.78 is 0. The lowest BCUT2D eigenvalue weighted by molar-refractivity contribution is 0.102. The normalized spacial score (nSPS) is 10.5. The molecule has 8 heteroatoms. The number of phenolic OH excluding ortho intramolecular Hbond substituents is 2. The maximum atomic E-state index is 12.1. The molecule has 0 saturated carbocycles. The first-order chi connectivity index (χ1) is 9.79. The summed E-state index contributed by atoms with van der Waals surface area (Å²) in [6, 6.07) is 5.16. The molecule has 21 heavy (non-hydrogen) atoms. The second kappa shape index (κ2) is 6.20. The Balaban J connectivity index is 2.39. The topological polar surface area (TPSA) is 69.6 Å². The van der Waals surface area contributed by atoms with E-state index >= 15 is 0 Å². The van der Waals surface area contributed by atoms with Crippen LogP contribution in [0.5, 0.6) is 11.5 Å². The van der Waals surface area contributed by atoms with E-state index in [1.165, 1.54) is 24.3 Å². The molecule has 0 aromatic heterocycles. The summed E-state index contributed by atoms with van der Waals surface area (Å²) in [4.78, 5) is 12.1. The maximum absolute atomic E-state index is 12.1. The molecule has 0 bridgehead atoms. The molecule has 0 aliphatic heterocycles. The summed E-state index contributed by atoms with van der Waals surface area (Å²) in [6.45, 7) is 0. The van der Waals surface area contributed by atoms with Crippen LogP contribution in [0.1, 0.15) is 10.4 Å². The largest absolute Gasteiger partial charge is 0.506 e. The van der Waals surface area contributed by atoms with Crippen molar-refractivity contribution >= 4 is 58.0 Å². The number of phenols is 2. The summed E-state index contributed by atoms with van der Waals surface area (Å²) in [7, 11) is 0. The van der Waals surface area contributed by atoms with E-state index in [0.717, 1.165) is 0 Å². The Bertz CT molecular complexity index is 734. The molecule has 2 aromatic carbocycles. The Labute approximate surface area is 139 Å². The highest BCUT2D eigenvalue weighted by Gasteiger charge is 2.18. The lowest BCUT2D eigenvalue weighted by atomic mass is 10.1. The van der Waals surface area contributed by atoms with E-state index in [-0.39, 0.29) is 37.1 Å². The molecule has 0 atom stereocenters. The van der Waals surface area contributed by atoms with Crippen LogP contribution < -0.4 is 5.32 Å². The molecule has 0 aliphatic rings. The molecule has 2 aromatic rings. The Morgan fingerprint density at radius 3 is 2.00 bits per heavy atom. The van der Waals surface area contributed by atoms with Gasteiger partial charge < -0.3 is 15.5 Å². The Kier molecular flexibility index (Phi) is 4.74. The number of carbonyl (C=O) groups is 1. The van der Waals surface area contributed by atoms with Crippen molar-refractivity contribution in [3.8, 4) is 11.5 Å². The van der Waals surface area contributed by atoms with E-state index < -0.39 is 11.7 Å². The van der Waals surface area contributed by atoms with E-state index in [0.29, 0.717) is 0 Å². The van der Waals surface area contributed by atoms with Crippen LogP contribution in [-0.4, -0.2) is 16.1 Å². The number of carbonyl (C=O) groups excluding carboxylic acids is 1. The minimum atomic E-state index is -0.731. The van der Waals surface area contributed by atoms with Crippen LogP contribution in [0, 0.1) is 0 Å². The summed E-state index contributed by atoms with van der Waals surface area (Å²) in [5.41, 5.74) is -0.156. The van der Waals surface area contributed by atoms with Gasteiger partial charge in [0, 0.05) is 10.0 Å². The highest BCUT2D eigenvalue weighted by atomic mass is 35.5. The Morgan fingerprint density at radius 1 is 0.857 bits per heavy atom. The van der Waals surface area contributed by atoms with Crippen molar-refractivity contribution < 1.29 is 15.0 Å². The first-order valence-corrected chi connectivity index (χ1v) is 6.98. The highest BCUT2D eigenvalue weighted by molar-refractivity contribution is 6.37. The van der Waals surface area contributed by atoms with Gasteiger partial charge in [0.05, 0.1) is 21.3 Å². The molecule has 0 aliphatic carbocycles. The predicted octanol–water partition coefficient (Wildman–Crippen LogP) is 4.96. The molecular weight excluding hydrogens is 360 g/mol. The van der Waals surface area contributed by atoms with Crippen LogP contribution in [0.15, 0.2) is 24.3 Å². The molecular formula is C13H7Cl4NO3. The van der Waals surface area contributed by atoms with Crippen molar-refractivity contribution in [2.45, 2.75) is 0 Å². The summed E-state index contributed by atoms with van der Waals surface area (Å²) >= 11 is 23.1. The number of hydrogen-bond acceptors (Lipinski definition) is 3. The first kappa shape index (κ1) is 16.0. The van der Waals surface area contributed by atoms with Crippen molar-refractivity contribution in [1.82, 2.24) is 0 Å². The summed E-state index contributed by atoms with van der Waals surface area (Å²) in [5.74, 6) is -1.50. The molecule has 4 nitrogen and oxygen atoms in total. The number of amides is 1. The van der Waals surface area contributed by atoms with E-state index in [9.17, 15) is 15.0 Å². The van der Waals surface area contributed by atoms with Gasteiger partial charge in [-0.1, -0.05) is 46.4 Å². The molecule has 0 unspecified atom stereocenters. The van der Waals surface area contributed by atoms with Crippen LogP contribution in [-0.2, 0) is 0 Å². The van der Waals surface area contributed by atoms with Gasteiger partial charge in [-0.15, -0.1) is 0 Å². The third-order valence-electron chi connectivity index (χ3n) is 2.55. The second-order valence-corrected chi connectivity index (χ2v) is 5.71. The molecule has 0 radical (unpaired) electrons. The van der Waals surface area contributed by atoms with Gasteiger partial charge >= 0.3 is 0 Å². The first-order valence-electron chi connectivity index (χ1n) is 5.47. The van der Waals surface area contributed by atoms with Gasteiger partial charge in [-0.25, -0.2) is 0 Å². The number of hydrogen-bond donors (Lipinski definition) is 3. The standard InChI is InChI=1S/C13H7Cl4NO3/c14-5-1-7(11(19)8(16)2-5)13(21)18-10-4-6(15)3-9(17)12(10)20/h1-4,19-20H,(H,18,21). The minimum absolute atomic E-state index is 0.00648. The molecule has 110 valence electrons. The van der Waals surface area contributed by atoms with Gasteiger partial charge in [0.2, 0.25) is 0 Å². The van der Waals surface area contributed by atoms with Gasteiger partial charge in [-0.05, 0) is 24.3 Å². The van der Waals surface area contributed by atoms with Crippen molar-refractivity contribution in [2.75, 3.05) is 5.32 Å². The average molecular weight is 367 g/mol. The zero-order valence-corrected chi connectivity index (χ0v) is 13.1. The third-order valence-corrected chi connectivity index (χ3v) is 3.56. The number of nitrogens with one attached hydrogen (secondary N) is 1. The van der Waals surface area contributed by atoms with E-state index in [4.69, 9.17) is 46.4 Å². The third kappa shape index (κ3) is 3.47.